The zero-order valence-corrected chi connectivity index (χ0v) is 14.1. The Morgan fingerprint density at radius 1 is 1.43 bits per heavy atom. The lowest BCUT2D eigenvalue weighted by Crippen LogP contribution is -2.38. The van der Waals surface area contributed by atoms with Crippen LogP contribution in [0.2, 0.25) is 0 Å². The van der Waals surface area contributed by atoms with Crippen LogP contribution in [0.15, 0.2) is 27.6 Å². The van der Waals surface area contributed by atoms with Crippen molar-refractivity contribution < 1.29 is 22.7 Å². The third kappa shape index (κ3) is 4.76. The summed E-state index contributed by atoms with van der Waals surface area (Å²) in [6, 6.07) is 3.34. The maximum atomic E-state index is 13.9. The first-order chi connectivity index (χ1) is 9.66. The van der Waals surface area contributed by atoms with Crippen LogP contribution >= 0.6 is 15.9 Å². The van der Waals surface area contributed by atoms with Crippen LogP contribution in [0.3, 0.4) is 0 Å². The van der Waals surface area contributed by atoms with Crippen LogP contribution in [0.4, 0.5) is 4.39 Å². The zero-order valence-electron chi connectivity index (χ0n) is 11.7. The molecule has 0 bridgehead atoms. The van der Waals surface area contributed by atoms with E-state index in [1.165, 1.54) is 12.1 Å². The molecule has 0 heterocycles. The van der Waals surface area contributed by atoms with Gasteiger partial charge in [-0.05, 0) is 38.5 Å². The molecule has 8 heteroatoms. The molecule has 0 unspecified atom stereocenters. The fourth-order valence-corrected chi connectivity index (χ4v) is 3.91. The second kappa shape index (κ2) is 7.33. The molecule has 0 saturated heterocycles. The van der Waals surface area contributed by atoms with E-state index in [0.717, 1.165) is 10.4 Å². The average molecular weight is 382 g/mol. The fraction of sp³-hybridized carbons (Fsp3) is 0.462. The Morgan fingerprint density at radius 3 is 2.52 bits per heavy atom. The zero-order chi connectivity index (χ0) is 16.2. The van der Waals surface area contributed by atoms with E-state index < -0.39 is 32.7 Å². The smallest absolute Gasteiger partial charge is 0.303 e. The monoisotopic (exact) mass is 381 g/mol. The molecule has 118 valence electrons. The molecule has 0 aliphatic carbocycles. The predicted molar refractivity (Wildman–Crippen MR) is 80.0 cm³/mol. The maximum absolute atomic E-state index is 13.9. The summed E-state index contributed by atoms with van der Waals surface area (Å²) in [6.07, 6.45) is 0.0342. The lowest BCUT2D eigenvalue weighted by atomic mass is 10.3. The molecule has 1 rings (SSSR count). The maximum Gasteiger partial charge on any atom is 0.303 e. The molecule has 1 aromatic carbocycles. The summed E-state index contributed by atoms with van der Waals surface area (Å²) >= 11 is 3.07. The van der Waals surface area contributed by atoms with Crippen molar-refractivity contribution in [3.63, 3.8) is 0 Å². The van der Waals surface area contributed by atoms with Gasteiger partial charge in [-0.15, -0.1) is 0 Å². The summed E-state index contributed by atoms with van der Waals surface area (Å²) in [7, 11) is -4.00. The van der Waals surface area contributed by atoms with E-state index in [1.807, 2.05) is 0 Å². The molecule has 1 N–H and O–H groups in total. The van der Waals surface area contributed by atoms with Gasteiger partial charge in [0.15, 0.2) is 0 Å². The van der Waals surface area contributed by atoms with Crippen LogP contribution in [0.5, 0.6) is 0 Å². The van der Waals surface area contributed by atoms with Crippen LogP contribution in [0.25, 0.3) is 0 Å². The standard InChI is InChI=1S/C13H17BrFNO4S/c1-9(2)16(7-3-4-13(17)18)21(19,20)12-6-5-10(14)8-11(12)15/h5-6,8-9H,3-4,7H2,1-2H3,(H,17,18). The van der Waals surface area contributed by atoms with Crippen LogP contribution < -0.4 is 0 Å². The van der Waals surface area contributed by atoms with E-state index in [4.69, 9.17) is 5.11 Å². The molecule has 0 spiro atoms. The van der Waals surface area contributed by atoms with E-state index in [2.05, 4.69) is 15.9 Å². The van der Waals surface area contributed by atoms with Gasteiger partial charge in [0.05, 0.1) is 0 Å². The number of carboxylic acid groups (broad SMARTS) is 1. The van der Waals surface area contributed by atoms with E-state index in [0.29, 0.717) is 4.47 Å². The minimum absolute atomic E-state index is 0.0296. The van der Waals surface area contributed by atoms with Crippen molar-refractivity contribution in [2.24, 2.45) is 0 Å². The molecule has 0 aliphatic heterocycles. The van der Waals surface area contributed by atoms with Crippen molar-refractivity contribution in [3.05, 3.63) is 28.5 Å². The Balaban J connectivity index is 3.07. The molecule has 0 fully saturated rings. The lowest BCUT2D eigenvalue weighted by molar-refractivity contribution is -0.137. The molecular formula is C13H17BrFNO4S. The third-order valence-electron chi connectivity index (χ3n) is 2.83. The summed E-state index contributed by atoms with van der Waals surface area (Å²) in [5.74, 6) is -1.83. The van der Waals surface area contributed by atoms with Gasteiger partial charge >= 0.3 is 5.97 Å². The van der Waals surface area contributed by atoms with Gasteiger partial charge in [0.2, 0.25) is 10.0 Å². The van der Waals surface area contributed by atoms with Gasteiger partial charge in [0.1, 0.15) is 10.7 Å². The number of nitrogens with zero attached hydrogens (tertiary/aromatic N) is 1. The van der Waals surface area contributed by atoms with Gasteiger partial charge in [0, 0.05) is 23.5 Å². The van der Waals surface area contributed by atoms with Crippen LogP contribution in [0, 0.1) is 5.82 Å². The van der Waals surface area contributed by atoms with Crippen molar-refractivity contribution in [2.75, 3.05) is 6.54 Å². The van der Waals surface area contributed by atoms with E-state index in [9.17, 15) is 17.6 Å². The number of aliphatic carboxylic acids is 1. The highest BCUT2D eigenvalue weighted by molar-refractivity contribution is 9.10. The lowest BCUT2D eigenvalue weighted by Gasteiger charge is -2.26. The van der Waals surface area contributed by atoms with E-state index in [-0.39, 0.29) is 19.4 Å². The second-order valence-corrected chi connectivity index (χ2v) is 7.56. The highest BCUT2D eigenvalue weighted by Gasteiger charge is 2.29. The summed E-state index contributed by atoms with van der Waals surface area (Å²) in [4.78, 5) is 10.1. The van der Waals surface area contributed by atoms with Crippen molar-refractivity contribution >= 4 is 31.9 Å². The SMILES string of the molecule is CC(C)N(CCCC(=O)O)S(=O)(=O)c1ccc(Br)cc1F. The Kier molecular flexibility index (Phi) is 6.30. The number of halogens is 2. The largest absolute Gasteiger partial charge is 0.481 e. The first-order valence-corrected chi connectivity index (χ1v) is 8.58. The van der Waals surface area contributed by atoms with Crippen LogP contribution in [-0.4, -0.2) is 36.4 Å². The molecule has 0 atom stereocenters. The minimum atomic E-state index is -4.00. The number of carboxylic acids is 1. The number of sulfonamides is 1. The summed E-state index contributed by atoms with van der Waals surface area (Å²) in [6.45, 7) is 3.35. The molecule has 0 radical (unpaired) electrons. The van der Waals surface area contributed by atoms with Crippen LogP contribution in [0.1, 0.15) is 26.7 Å². The van der Waals surface area contributed by atoms with Gasteiger partial charge in [-0.1, -0.05) is 15.9 Å². The summed E-state index contributed by atoms with van der Waals surface area (Å²) in [5, 5.41) is 8.63. The van der Waals surface area contributed by atoms with Crippen LogP contribution in [-0.2, 0) is 14.8 Å². The van der Waals surface area contributed by atoms with E-state index >= 15 is 0 Å². The van der Waals surface area contributed by atoms with Crippen molar-refractivity contribution in [3.8, 4) is 0 Å². The first-order valence-electron chi connectivity index (χ1n) is 6.35. The average Bonchev–Trinajstić information content (AvgIpc) is 2.32. The Morgan fingerprint density at radius 2 is 2.05 bits per heavy atom. The molecule has 0 aromatic heterocycles. The van der Waals surface area contributed by atoms with Gasteiger partial charge in [0.25, 0.3) is 0 Å². The Labute approximate surface area is 131 Å². The Bertz CT molecular complexity index is 619. The van der Waals surface area contributed by atoms with Crippen molar-refractivity contribution in [1.82, 2.24) is 4.31 Å². The van der Waals surface area contributed by atoms with Gasteiger partial charge in [-0.2, -0.15) is 4.31 Å². The van der Waals surface area contributed by atoms with Crippen molar-refractivity contribution in [1.29, 1.82) is 0 Å². The number of benzene rings is 1. The van der Waals surface area contributed by atoms with Gasteiger partial charge in [-0.3, -0.25) is 4.79 Å². The molecule has 1 aromatic rings. The van der Waals surface area contributed by atoms with Gasteiger partial charge < -0.3 is 5.11 Å². The predicted octanol–water partition coefficient (Wildman–Crippen LogP) is 2.85. The third-order valence-corrected chi connectivity index (χ3v) is 5.43. The van der Waals surface area contributed by atoms with E-state index in [1.54, 1.807) is 13.8 Å². The Hall–Kier alpha value is -0.990. The fourth-order valence-electron chi connectivity index (χ4n) is 1.85. The highest BCUT2D eigenvalue weighted by atomic mass is 79.9. The van der Waals surface area contributed by atoms with Gasteiger partial charge in [-0.25, -0.2) is 12.8 Å². The number of hydrogen-bond donors (Lipinski definition) is 1. The molecule has 5 nitrogen and oxygen atoms in total. The number of carbonyl (C=O) groups is 1. The van der Waals surface area contributed by atoms with Crippen molar-refractivity contribution in [2.45, 2.75) is 37.6 Å². The minimum Gasteiger partial charge on any atom is -0.481 e. The molecular weight excluding hydrogens is 365 g/mol. The second-order valence-electron chi connectivity index (χ2n) is 4.78. The highest BCUT2D eigenvalue weighted by Crippen LogP contribution is 2.24. The summed E-state index contributed by atoms with van der Waals surface area (Å²) < 4.78 is 40.5. The number of rotatable bonds is 7. The number of hydrogen-bond acceptors (Lipinski definition) is 3. The molecule has 21 heavy (non-hydrogen) atoms. The first kappa shape index (κ1) is 18.1. The topological polar surface area (TPSA) is 74.7 Å². The molecule has 0 saturated carbocycles. The molecule has 0 aliphatic rings. The summed E-state index contributed by atoms with van der Waals surface area (Å²) in [5.41, 5.74) is 0. The molecule has 0 amide bonds. The normalized spacial score (nSPS) is 12.1. The quantitative estimate of drug-likeness (QED) is 0.787.